The number of rotatable bonds is 9. The lowest BCUT2D eigenvalue weighted by molar-refractivity contribution is -0.0821. The number of unbranched alkanes of at least 4 members (excludes halogenated alkanes) is 2. The Balaban J connectivity index is 1.14. The molecule has 1 aromatic carbocycles. The third-order valence-corrected chi connectivity index (χ3v) is 9.89. The summed E-state index contributed by atoms with van der Waals surface area (Å²) in [6.45, 7) is 2.26. The van der Waals surface area contributed by atoms with Gasteiger partial charge in [0, 0.05) is 5.92 Å². The molecule has 0 N–H and O–H groups in total. The van der Waals surface area contributed by atoms with E-state index in [1.165, 1.54) is 88.2 Å². The molecule has 3 fully saturated rings. The zero-order chi connectivity index (χ0) is 27.0. The molecule has 212 valence electrons. The summed E-state index contributed by atoms with van der Waals surface area (Å²) in [6, 6.07) is 9.45. The molecule has 0 aromatic heterocycles. The van der Waals surface area contributed by atoms with Crippen LogP contribution in [0.15, 0.2) is 48.3 Å². The van der Waals surface area contributed by atoms with Gasteiger partial charge in [0.25, 0.3) is 0 Å². The van der Waals surface area contributed by atoms with Crippen molar-refractivity contribution < 1.29 is 17.6 Å². The van der Waals surface area contributed by atoms with Crippen LogP contribution in [0, 0.1) is 29.6 Å². The minimum absolute atomic E-state index is 0.130. The number of aryl methyl sites for hydroxylation is 1. The summed E-state index contributed by atoms with van der Waals surface area (Å²) in [7, 11) is 0. The van der Waals surface area contributed by atoms with Crippen molar-refractivity contribution in [2.75, 3.05) is 0 Å². The van der Waals surface area contributed by atoms with E-state index < -0.39 is 17.9 Å². The van der Waals surface area contributed by atoms with Crippen LogP contribution in [-0.2, 0) is 6.42 Å². The number of hydrogen-bond acceptors (Lipinski definition) is 0. The fraction of sp³-hybridized carbons (Fsp3) is 0.706. The molecule has 3 aliphatic carbocycles. The van der Waals surface area contributed by atoms with E-state index >= 15 is 0 Å². The van der Waals surface area contributed by atoms with Gasteiger partial charge in [-0.05, 0) is 131 Å². The van der Waals surface area contributed by atoms with E-state index in [9.17, 15) is 17.6 Å². The Labute approximate surface area is 228 Å². The van der Waals surface area contributed by atoms with Gasteiger partial charge in [0.15, 0.2) is 0 Å². The number of alkyl halides is 3. The van der Waals surface area contributed by atoms with E-state index in [1.807, 2.05) is 0 Å². The fourth-order valence-electron chi connectivity index (χ4n) is 7.44. The van der Waals surface area contributed by atoms with Gasteiger partial charge in [-0.25, -0.2) is 4.39 Å². The SMILES string of the molecule is CCCCCc1ccc(C2CCC(/C=C/C3CCC(C4CCC(/C(F)=C/C(F)(F)F)CC4)CC3)CC2)cc1. The molecule has 0 spiro atoms. The second kappa shape index (κ2) is 14.2. The second-order valence-electron chi connectivity index (χ2n) is 12.6. The second-order valence-corrected chi connectivity index (χ2v) is 12.6. The number of allylic oxidation sites excluding steroid dienone is 4. The van der Waals surface area contributed by atoms with Crippen molar-refractivity contribution in [3.63, 3.8) is 0 Å². The van der Waals surface area contributed by atoms with Gasteiger partial charge in [-0.1, -0.05) is 56.2 Å². The van der Waals surface area contributed by atoms with Gasteiger partial charge in [0.2, 0.25) is 0 Å². The molecule has 3 saturated carbocycles. The standard InChI is InChI=1S/C34H48F4/c1-2-3-4-5-25-8-14-28(15-9-25)29-16-10-26(11-17-29)6-7-27-12-18-30(19-13-27)31-20-22-32(23-21-31)33(35)24-34(36,37)38/h6-9,14-15,24,26-27,29-32H,2-5,10-13,16-23H2,1H3/b7-6+,33-24-. The van der Waals surface area contributed by atoms with E-state index in [2.05, 4.69) is 43.3 Å². The quantitative estimate of drug-likeness (QED) is 0.168. The van der Waals surface area contributed by atoms with Crippen LogP contribution < -0.4 is 0 Å². The topological polar surface area (TPSA) is 0 Å². The van der Waals surface area contributed by atoms with Crippen molar-refractivity contribution in [2.24, 2.45) is 29.6 Å². The Morgan fingerprint density at radius 2 is 1.26 bits per heavy atom. The van der Waals surface area contributed by atoms with Crippen molar-refractivity contribution in [3.05, 3.63) is 59.4 Å². The Morgan fingerprint density at radius 3 is 1.79 bits per heavy atom. The zero-order valence-corrected chi connectivity index (χ0v) is 23.3. The summed E-state index contributed by atoms with van der Waals surface area (Å²) < 4.78 is 51.3. The maximum atomic E-state index is 13.9. The Hall–Kier alpha value is -1.58. The Morgan fingerprint density at radius 1 is 0.737 bits per heavy atom. The van der Waals surface area contributed by atoms with Gasteiger partial charge in [-0.15, -0.1) is 0 Å². The maximum absolute atomic E-state index is 13.9. The van der Waals surface area contributed by atoms with Crippen LogP contribution in [0.3, 0.4) is 0 Å². The minimum Gasteiger partial charge on any atom is -0.212 e. The van der Waals surface area contributed by atoms with E-state index in [1.54, 1.807) is 0 Å². The zero-order valence-electron chi connectivity index (χ0n) is 23.3. The molecule has 0 unspecified atom stereocenters. The first-order chi connectivity index (χ1) is 18.3. The molecule has 4 heteroatoms. The lowest BCUT2D eigenvalue weighted by Crippen LogP contribution is -2.26. The molecule has 1 aromatic rings. The first kappa shape index (κ1) is 29.4. The molecule has 0 atom stereocenters. The number of benzene rings is 1. The van der Waals surface area contributed by atoms with Gasteiger partial charge < -0.3 is 0 Å². The van der Waals surface area contributed by atoms with Crippen LogP contribution >= 0.6 is 0 Å². The van der Waals surface area contributed by atoms with Crippen molar-refractivity contribution in [2.45, 2.75) is 122 Å². The monoisotopic (exact) mass is 532 g/mol. The molecule has 0 nitrogen and oxygen atoms in total. The van der Waals surface area contributed by atoms with Gasteiger partial charge in [-0.3, -0.25) is 0 Å². The van der Waals surface area contributed by atoms with E-state index in [4.69, 9.17) is 0 Å². The maximum Gasteiger partial charge on any atom is 0.412 e. The lowest BCUT2D eigenvalue weighted by atomic mass is 9.69. The molecule has 38 heavy (non-hydrogen) atoms. The Kier molecular flexibility index (Phi) is 11.0. The molecule has 3 aliphatic rings. The number of halogens is 4. The molecule has 0 aliphatic heterocycles. The summed E-state index contributed by atoms with van der Waals surface area (Å²) in [4.78, 5) is 0. The molecule has 0 radical (unpaired) electrons. The highest BCUT2D eigenvalue weighted by atomic mass is 19.4. The minimum atomic E-state index is -4.55. The smallest absolute Gasteiger partial charge is 0.212 e. The summed E-state index contributed by atoms with van der Waals surface area (Å²) in [6.07, 6.45) is 18.3. The number of hydrogen-bond donors (Lipinski definition) is 0. The third-order valence-electron chi connectivity index (χ3n) is 9.89. The van der Waals surface area contributed by atoms with E-state index in [0.29, 0.717) is 42.4 Å². The van der Waals surface area contributed by atoms with E-state index in [-0.39, 0.29) is 6.08 Å². The molecule has 0 amide bonds. The van der Waals surface area contributed by atoms with Gasteiger partial charge >= 0.3 is 6.18 Å². The normalized spacial score (nSPS) is 31.6. The molecular weight excluding hydrogens is 484 g/mol. The molecule has 0 heterocycles. The van der Waals surface area contributed by atoms with Crippen LogP contribution in [-0.4, -0.2) is 6.18 Å². The van der Waals surface area contributed by atoms with Crippen molar-refractivity contribution in [1.29, 1.82) is 0 Å². The van der Waals surface area contributed by atoms with Crippen LogP contribution in [0.4, 0.5) is 17.6 Å². The van der Waals surface area contributed by atoms with E-state index in [0.717, 1.165) is 12.8 Å². The van der Waals surface area contributed by atoms with Crippen LogP contribution in [0.1, 0.15) is 120 Å². The third kappa shape index (κ3) is 8.98. The first-order valence-corrected chi connectivity index (χ1v) is 15.5. The predicted octanol–water partition coefficient (Wildman–Crippen LogP) is 11.3. The fourth-order valence-corrected chi connectivity index (χ4v) is 7.44. The first-order valence-electron chi connectivity index (χ1n) is 15.5. The molecular formula is C34H48F4. The molecule has 0 saturated heterocycles. The highest BCUT2D eigenvalue weighted by Gasteiger charge is 2.34. The summed E-state index contributed by atoms with van der Waals surface area (Å²) in [5.74, 6) is 1.85. The molecule has 0 bridgehead atoms. The Bertz CT molecular complexity index is 872. The highest BCUT2D eigenvalue weighted by Crippen LogP contribution is 2.44. The summed E-state index contributed by atoms with van der Waals surface area (Å²) >= 11 is 0. The van der Waals surface area contributed by atoms with Crippen molar-refractivity contribution in [1.82, 2.24) is 0 Å². The van der Waals surface area contributed by atoms with Crippen molar-refractivity contribution in [3.8, 4) is 0 Å². The summed E-state index contributed by atoms with van der Waals surface area (Å²) in [5, 5.41) is 0. The van der Waals surface area contributed by atoms with Crippen LogP contribution in [0.25, 0.3) is 0 Å². The van der Waals surface area contributed by atoms with Crippen LogP contribution in [0.5, 0.6) is 0 Å². The van der Waals surface area contributed by atoms with Crippen molar-refractivity contribution >= 4 is 0 Å². The lowest BCUT2D eigenvalue weighted by Gasteiger charge is -2.37. The molecule has 4 rings (SSSR count). The van der Waals surface area contributed by atoms with Crippen LogP contribution in [0.2, 0.25) is 0 Å². The average molecular weight is 533 g/mol. The largest absolute Gasteiger partial charge is 0.412 e. The van der Waals surface area contributed by atoms with Gasteiger partial charge in [0.05, 0.1) is 6.08 Å². The average Bonchev–Trinajstić information content (AvgIpc) is 2.92. The summed E-state index contributed by atoms with van der Waals surface area (Å²) in [5.41, 5.74) is 3.01. The highest BCUT2D eigenvalue weighted by molar-refractivity contribution is 5.26. The van der Waals surface area contributed by atoms with Gasteiger partial charge in [-0.2, -0.15) is 13.2 Å². The predicted molar refractivity (Wildman–Crippen MR) is 150 cm³/mol. The van der Waals surface area contributed by atoms with Gasteiger partial charge in [0.1, 0.15) is 5.83 Å².